The van der Waals surface area contributed by atoms with Crippen LogP contribution in [-0.4, -0.2) is 40.5 Å². The van der Waals surface area contributed by atoms with Crippen molar-refractivity contribution < 1.29 is 9.53 Å². The van der Waals surface area contributed by atoms with Gasteiger partial charge in [0.1, 0.15) is 0 Å². The number of carbonyl (C=O) groups is 1. The predicted octanol–water partition coefficient (Wildman–Crippen LogP) is 0.00592. The van der Waals surface area contributed by atoms with Crippen molar-refractivity contribution in [2.45, 2.75) is 13.3 Å². The Morgan fingerprint density at radius 3 is 2.54 bits per heavy atom. The first-order valence-electron chi connectivity index (χ1n) is 7.50. The second kappa shape index (κ2) is 7.69. The lowest BCUT2D eigenvalue weighted by Gasteiger charge is -2.10. The molecule has 128 valence electrons. The van der Waals surface area contributed by atoms with Crippen LogP contribution in [0.1, 0.15) is 22.5 Å². The zero-order valence-corrected chi connectivity index (χ0v) is 13.9. The Labute approximate surface area is 138 Å². The van der Waals surface area contributed by atoms with E-state index in [2.05, 4.69) is 10.4 Å². The number of hydrogen-bond donors (Lipinski definition) is 1. The highest BCUT2D eigenvalue weighted by molar-refractivity contribution is 5.91. The zero-order chi connectivity index (χ0) is 17.7. The molecule has 0 saturated heterocycles. The van der Waals surface area contributed by atoms with E-state index < -0.39 is 17.2 Å². The minimum absolute atomic E-state index is 0.324. The maximum atomic E-state index is 12.3. The molecule has 0 aliphatic carbocycles. The summed E-state index contributed by atoms with van der Waals surface area (Å²) >= 11 is 0. The molecule has 1 amide bonds. The number of amides is 1. The van der Waals surface area contributed by atoms with Gasteiger partial charge in [-0.2, -0.15) is 9.78 Å². The van der Waals surface area contributed by atoms with Gasteiger partial charge in [-0.15, -0.1) is 0 Å². The average molecular weight is 332 g/mol. The van der Waals surface area contributed by atoms with Crippen molar-refractivity contribution in [2.24, 2.45) is 7.05 Å². The van der Waals surface area contributed by atoms with Crippen LogP contribution in [0.2, 0.25) is 0 Å². The molecule has 0 aliphatic rings. The van der Waals surface area contributed by atoms with Crippen molar-refractivity contribution in [2.75, 3.05) is 20.3 Å². The van der Waals surface area contributed by atoms with Crippen molar-refractivity contribution in [3.8, 4) is 5.69 Å². The minimum atomic E-state index is -0.729. The van der Waals surface area contributed by atoms with Crippen LogP contribution in [0.3, 0.4) is 0 Å². The molecular weight excluding hydrogens is 312 g/mol. The average Bonchev–Trinajstić information content (AvgIpc) is 2.58. The second-order valence-electron chi connectivity index (χ2n) is 5.34. The summed E-state index contributed by atoms with van der Waals surface area (Å²) in [6, 6.07) is 7.04. The number of aryl methyl sites for hydroxylation is 1. The molecule has 0 spiro atoms. The van der Waals surface area contributed by atoms with Gasteiger partial charge in [0.05, 0.1) is 5.69 Å². The summed E-state index contributed by atoms with van der Waals surface area (Å²) in [5.41, 5.74) is -0.162. The van der Waals surface area contributed by atoms with Gasteiger partial charge in [0, 0.05) is 27.3 Å². The molecule has 1 N–H and O–H groups in total. The largest absolute Gasteiger partial charge is 0.385 e. The van der Waals surface area contributed by atoms with E-state index in [0.29, 0.717) is 25.3 Å². The summed E-state index contributed by atoms with van der Waals surface area (Å²) in [6.07, 6.45) is 0.611. The monoisotopic (exact) mass is 332 g/mol. The molecule has 2 aromatic rings. The molecule has 0 saturated carbocycles. The number of carbonyl (C=O) groups excluding carboxylic acids is 1. The third-order valence-corrected chi connectivity index (χ3v) is 3.48. The summed E-state index contributed by atoms with van der Waals surface area (Å²) in [5.74, 6) is -0.618. The molecule has 0 bridgehead atoms. The van der Waals surface area contributed by atoms with Gasteiger partial charge in [-0.3, -0.25) is 14.2 Å². The lowest BCUT2D eigenvalue weighted by Crippen LogP contribution is -2.44. The van der Waals surface area contributed by atoms with E-state index in [1.807, 2.05) is 19.1 Å². The number of methoxy groups -OCH3 is 1. The van der Waals surface area contributed by atoms with Gasteiger partial charge in [-0.05, 0) is 25.5 Å². The number of rotatable bonds is 6. The van der Waals surface area contributed by atoms with Crippen LogP contribution in [0.15, 0.2) is 33.9 Å². The SMILES string of the molecule is COCCCNC(=O)c1nn(-c2ccc(C)cc2)c(=O)n(C)c1=O. The van der Waals surface area contributed by atoms with Gasteiger partial charge >= 0.3 is 5.69 Å². The van der Waals surface area contributed by atoms with E-state index in [1.54, 1.807) is 19.2 Å². The zero-order valence-electron chi connectivity index (χ0n) is 13.9. The van der Waals surface area contributed by atoms with E-state index in [1.165, 1.54) is 7.05 Å². The molecule has 0 fully saturated rings. The van der Waals surface area contributed by atoms with E-state index in [-0.39, 0.29) is 5.69 Å². The van der Waals surface area contributed by atoms with Crippen LogP contribution in [0, 0.1) is 6.92 Å². The highest BCUT2D eigenvalue weighted by Gasteiger charge is 2.18. The topological polar surface area (TPSA) is 95.2 Å². The summed E-state index contributed by atoms with van der Waals surface area (Å²) in [4.78, 5) is 36.6. The lowest BCUT2D eigenvalue weighted by atomic mass is 10.2. The normalized spacial score (nSPS) is 10.6. The quantitative estimate of drug-likeness (QED) is 0.752. The van der Waals surface area contributed by atoms with Crippen molar-refractivity contribution in [1.29, 1.82) is 0 Å². The summed E-state index contributed by atoms with van der Waals surface area (Å²) in [6.45, 7) is 2.76. The number of nitrogens with zero attached hydrogens (tertiary/aromatic N) is 3. The van der Waals surface area contributed by atoms with Crippen molar-refractivity contribution in [3.05, 3.63) is 56.4 Å². The molecule has 1 aromatic carbocycles. The number of aromatic nitrogens is 3. The fourth-order valence-electron chi connectivity index (χ4n) is 2.07. The summed E-state index contributed by atoms with van der Waals surface area (Å²) in [5, 5.41) is 6.56. The van der Waals surface area contributed by atoms with Crippen LogP contribution in [0.25, 0.3) is 5.69 Å². The molecule has 0 radical (unpaired) electrons. The van der Waals surface area contributed by atoms with Crippen molar-refractivity contribution >= 4 is 5.91 Å². The van der Waals surface area contributed by atoms with Gasteiger partial charge in [-0.1, -0.05) is 17.7 Å². The first-order chi connectivity index (χ1) is 11.5. The van der Waals surface area contributed by atoms with E-state index in [0.717, 1.165) is 14.8 Å². The van der Waals surface area contributed by atoms with Gasteiger partial charge in [-0.25, -0.2) is 4.79 Å². The Bertz CT molecular complexity index is 837. The van der Waals surface area contributed by atoms with Gasteiger partial charge in [0.25, 0.3) is 11.5 Å². The van der Waals surface area contributed by atoms with Crippen LogP contribution in [0.5, 0.6) is 0 Å². The molecule has 1 heterocycles. The van der Waals surface area contributed by atoms with Gasteiger partial charge < -0.3 is 10.1 Å². The predicted molar refractivity (Wildman–Crippen MR) is 88.6 cm³/mol. The van der Waals surface area contributed by atoms with E-state index in [9.17, 15) is 14.4 Å². The molecule has 0 atom stereocenters. The van der Waals surface area contributed by atoms with Crippen LogP contribution in [0.4, 0.5) is 0 Å². The van der Waals surface area contributed by atoms with Gasteiger partial charge in [0.15, 0.2) is 0 Å². The van der Waals surface area contributed by atoms with E-state index >= 15 is 0 Å². The van der Waals surface area contributed by atoms with Crippen LogP contribution in [-0.2, 0) is 11.8 Å². The van der Waals surface area contributed by atoms with Crippen molar-refractivity contribution in [3.63, 3.8) is 0 Å². The van der Waals surface area contributed by atoms with Crippen molar-refractivity contribution in [1.82, 2.24) is 19.7 Å². The van der Waals surface area contributed by atoms with Crippen LogP contribution >= 0.6 is 0 Å². The third-order valence-electron chi connectivity index (χ3n) is 3.48. The number of benzene rings is 1. The second-order valence-corrected chi connectivity index (χ2v) is 5.34. The minimum Gasteiger partial charge on any atom is -0.385 e. The van der Waals surface area contributed by atoms with Crippen LogP contribution < -0.4 is 16.6 Å². The lowest BCUT2D eigenvalue weighted by molar-refractivity contribution is 0.0939. The number of hydrogen-bond acceptors (Lipinski definition) is 5. The number of nitrogens with one attached hydrogen (secondary N) is 1. The first-order valence-corrected chi connectivity index (χ1v) is 7.50. The maximum absolute atomic E-state index is 12.3. The number of ether oxygens (including phenoxy) is 1. The van der Waals surface area contributed by atoms with Gasteiger partial charge in [0.2, 0.25) is 5.69 Å². The summed E-state index contributed by atoms with van der Waals surface area (Å²) < 4.78 is 6.81. The fraction of sp³-hybridized carbons (Fsp3) is 0.375. The molecule has 1 aromatic heterocycles. The molecule has 8 heteroatoms. The van der Waals surface area contributed by atoms with E-state index in [4.69, 9.17) is 4.74 Å². The third kappa shape index (κ3) is 3.77. The first kappa shape index (κ1) is 17.6. The molecule has 0 aliphatic heterocycles. The smallest absolute Gasteiger partial charge is 0.351 e. The maximum Gasteiger partial charge on any atom is 0.351 e. The molecule has 24 heavy (non-hydrogen) atoms. The Morgan fingerprint density at radius 1 is 1.25 bits per heavy atom. The molecule has 0 unspecified atom stereocenters. The highest BCUT2D eigenvalue weighted by atomic mass is 16.5. The Morgan fingerprint density at radius 2 is 1.92 bits per heavy atom. The highest BCUT2D eigenvalue weighted by Crippen LogP contribution is 2.05. The summed E-state index contributed by atoms with van der Waals surface area (Å²) in [7, 11) is 2.88. The Balaban J connectivity index is 2.39. The molecular formula is C16H20N4O4. The Hall–Kier alpha value is -2.74. The Kier molecular flexibility index (Phi) is 5.64. The standard InChI is InChI=1S/C16H20N4O4/c1-11-5-7-12(8-6-11)20-16(23)19(2)15(22)13(18-20)14(21)17-9-4-10-24-3/h5-8H,4,9-10H2,1-3H3,(H,17,21). The fourth-order valence-corrected chi connectivity index (χ4v) is 2.07. The molecule has 2 rings (SSSR count). The molecule has 8 nitrogen and oxygen atoms in total.